The van der Waals surface area contributed by atoms with Crippen molar-refractivity contribution in [3.05, 3.63) is 59.3 Å². The van der Waals surface area contributed by atoms with Crippen LogP contribution in [0.15, 0.2) is 48.5 Å². The van der Waals surface area contributed by atoms with Crippen LogP contribution in [-0.4, -0.2) is 17.5 Å². The van der Waals surface area contributed by atoms with E-state index in [-0.39, 0.29) is 5.91 Å². The van der Waals surface area contributed by atoms with Crippen LogP contribution in [0.5, 0.6) is 5.75 Å². The van der Waals surface area contributed by atoms with Crippen LogP contribution in [0.1, 0.15) is 18.9 Å². The van der Waals surface area contributed by atoms with E-state index in [9.17, 15) is 4.79 Å². The highest BCUT2D eigenvalue weighted by atomic mass is 35.5. The maximum absolute atomic E-state index is 11.9. The summed E-state index contributed by atoms with van der Waals surface area (Å²) in [5.74, 6) is 0.895. The first-order valence-electron chi connectivity index (χ1n) is 7.02. The number of ether oxygens (including phenoxy) is 1. The molecule has 0 spiro atoms. The van der Waals surface area contributed by atoms with Crippen molar-refractivity contribution in [2.45, 2.75) is 13.3 Å². The van der Waals surface area contributed by atoms with Crippen LogP contribution in [0.4, 0.5) is 5.82 Å². The first kappa shape index (κ1) is 16.0. The number of amides is 1. The molecule has 114 valence electrons. The molecule has 0 aliphatic carbocycles. The highest BCUT2D eigenvalue weighted by Gasteiger charge is 2.02. The fourth-order valence-electron chi connectivity index (χ4n) is 1.77. The molecular weight excluding hydrogens is 300 g/mol. The minimum absolute atomic E-state index is 0.278. The Labute approximate surface area is 134 Å². The third kappa shape index (κ3) is 4.90. The zero-order valence-electron chi connectivity index (χ0n) is 12.3. The molecule has 2 aromatic rings. The van der Waals surface area contributed by atoms with Crippen molar-refractivity contribution in [1.29, 1.82) is 0 Å². The lowest BCUT2D eigenvalue weighted by Gasteiger charge is -2.07. The summed E-state index contributed by atoms with van der Waals surface area (Å²) < 4.78 is 5.64. The fourth-order valence-corrected chi connectivity index (χ4v) is 1.94. The second kappa shape index (κ2) is 8.20. The predicted molar refractivity (Wildman–Crippen MR) is 89.1 cm³/mol. The van der Waals surface area contributed by atoms with E-state index in [1.165, 1.54) is 6.08 Å². The molecule has 1 heterocycles. The third-order valence-electron chi connectivity index (χ3n) is 2.76. The minimum atomic E-state index is -0.278. The van der Waals surface area contributed by atoms with Crippen LogP contribution in [0.25, 0.3) is 6.08 Å². The van der Waals surface area contributed by atoms with Crippen molar-refractivity contribution in [3.8, 4) is 5.75 Å². The second-order valence-electron chi connectivity index (χ2n) is 4.55. The topological polar surface area (TPSA) is 51.2 Å². The molecule has 0 unspecified atom stereocenters. The Bertz CT molecular complexity index is 671. The van der Waals surface area contributed by atoms with E-state index in [0.29, 0.717) is 17.6 Å². The van der Waals surface area contributed by atoms with Gasteiger partial charge >= 0.3 is 0 Å². The van der Waals surface area contributed by atoms with Gasteiger partial charge in [0.05, 0.1) is 6.61 Å². The van der Waals surface area contributed by atoms with Crippen LogP contribution >= 0.6 is 11.6 Å². The van der Waals surface area contributed by atoms with Crippen LogP contribution < -0.4 is 10.1 Å². The monoisotopic (exact) mass is 316 g/mol. The molecule has 1 aromatic carbocycles. The average Bonchev–Trinajstić information content (AvgIpc) is 2.51. The van der Waals surface area contributed by atoms with E-state index in [1.807, 2.05) is 31.2 Å². The molecule has 0 aliphatic rings. The van der Waals surface area contributed by atoms with Crippen LogP contribution in [0.3, 0.4) is 0 Å². The molecule has 0 radical (unpaired) electrons. The average molecular weight is 317 g/mol. The summed E-state index contributed by atoms with van der Waals surface area (Å²) in [5, 5.41) is 2.99. The number of pyridine rings is 1. The number of hydrogen-bond donors (Lipinski definition) is 1. The summed E-state index contributed by atoms with van der Waals surface area (Å²) in [4.78, 5) is 15.9. The van der Waals surface area contributed by atoms with Crippen molar-refractivity contribution in [1.82, 2.24) is 4.98 Å². The van der Waals surface area contributed by atoms with Gasteiger partial charge in [-0.05, 0) is 30.7 Å². The molecular formula is C17H17ClN2O2. The van der Waals surface area contributed by atoms with Crippen molar-refractivity contribution in [2.75, 3.05) is 11.9 Å². The van der Waals surface area contributed by atoms with E-state index in [2.05, 4.69) is 10.3 Å². The molecule has 0 aliphatic heterocycles. The number of carbonyl (C=O) groups is 1. The number of nitrogens with zero attached hydrogens (tertiary/aromatic N) is 1. The van der Waals surface area contributed by atoms with Gasteiger partial charge in [0.1, 0.15) is 16.7 Å². The number of anilines is 1. The van der Waals surface area contributed by atoms with E-state index in [1.54, 1.807) is 24.3 Å². The van der Waals surface area contributed by atoms with Gasteiger partial charge in [-0.15, -0.1) is 0 Å². The number of aromatic nitrogens is 1. The molecule has 1 amide bonds. The molecule has 0 saturated carbocycles. The Balaban J connectivity index is 2.03. The van der Waals surface area contributed by atoms with Gasteiger partial charge < -0.3 is 10.1 Å². The van der Waals surface area contributed by atoms with E-state index in [0.717, 1.165) is 17.7 Å². The van der Waals surface area contributed by atoms with Gasteiger partial charge in [0, 0.05) is 11.6 Å². The van der Waals surface area contributed by atoms with Gasteiger partial charge in [-0.2, -0.15) is 0 Å². The largest absolute Gasteiger partial charge is 0.493 e. The molecule has 0 atom stereocenters. The molecule has 2 rings (SSSR count). The molecule has 0 bridgehead atoms. The predicted octanol–water partition coefficient (Wildman–Crippen LogP) is 4.18. The Kier molecular flexibility index (Phi) is 5.98. The number of halogens is 1. The Hall–Kier alpha value is -2.33. The lowest BCUT2D eigenvalue weighted by atomic mass is 10.2. The highest BCUT2D eigenvalue weighted by Crippen LogP contribution is 2.19. The van der Waals surface area contributed by atoms with Gasteiger partial charge in [0.2, 0.25) is 5.91 Å². The van der Waals surface area contributed by atoms with Crippen molar-refractivity contribution in [2.24, 2.45) is 0 Å². The standard InChI is InChI=1S/C17H17ClN2O2/c1-2-12-22-14-7-4-3-6-13(14)10-11-17(21)20-16-9-5-8-15(18)19-16/h3-11H,2,12H2,1H3,(H,19,20,21)/b11-10+. The lowest BCUT2D eigenvalue weighted by Crippen LogP contribution is -2.09. The normalized spacial score (nSPS) is 10.6. The Morgan fingerprint density at radius 3 is 2.86 bits per heavy atom. The van der Waals surface area contributed by atoms with E-state index in [4.69, 9.17) is 16.3 Å². The number of hydrogen-bond acceptors (Lipinski definition) is 3. The summed E-state index contributed by atoms with van der Waals surface area (Å²) in [6.45, 7) is 2.69. The number of carbonyl (C=O) groups excluding carboxylic acids is 1. The van der Waals surface area contributed by atoms with Gasteiger partial charge in [0.25, 0.3) is 0 Å². The maximum Gasteiger partial charge on any atom is 0.249 e. The molecule has 0 saturated heterocycles. The molecule has 0 fully saturated rings. The summed E-state index contributed by atoms with van der Waals surface area (Å²) in [6, 6.07) is 12.6. The number of rotatable bonds is 6. The number of para-hydroxylation sites is 1. The zero-order chi connectivity index (χ0) is 15.8. The number of benzene rings is 1. The molecule has 1 aromatic heterocycles. The zero-order valence-corrected chi connectivity index (χ0v) is 13.0. The smallest absolute Gasteiger partial charge is 0.249 e. The maximum atomic E-state index is 11.9. The Morgan fingerprint density at radius 2 is 2.09 bits per heavy atom. The van der Waals surface area contributed by atoms with E-state index >= 15 is 0 Å². The summed E-state index contributed by atoms with van der Waals surface area (Å²) in [5.41, 5.74) is 0.852. The Morgan fingerprint density at radius 1 is 1.27 bits per heavy atom. The van der Waals surface area contributed by atoms with E-state index < -0.39 is 0 Å². The van der Waals surface area contributed by atoms with Crippen molar-refractivity contribution >= 4 is 29.4 Å². The molecule has 4 nitrogen and oxygen atoms in total. The van der Waals surface area contributed by atoms with Crippen molar-refractivity contribution in [3.63, 3.8) is 0 Å². The van der Waals surface area contributed by atoms with Gasteiger partial charge in [0.15, 0.2) is 0 Å². The first-order valence-corrected chi connectivity index (χ1v) is 7.40. The lowest BCUT2D eigenvalue weighted by molar-refractivity contribution is -0.111. The van der Waals surface area contributed by atoms with Crippen molar-refractivity contribution < 1.29 is 9.53 Å². The first-order chi connectivity index (χ1) is 10.7. The second-order valence-corrected chi connectivity index (χ2v) is 4.94. The number of nitrogens with one attached hydrogen (secondary N) is 1. The van der Waals surface area contributed by atoms with Gasteiger partial charge in [-0.25, -0.2) is 4.98 Å². The highest BCUT2D eigenvalue weighted by molar-refractivity contribution is 6.29. The summed E-state index contributed by atoms with van der Waals surface area (Å²) in [7, 11) is 0. The van der Waals surface area contributed by atoms with Crippen LogP contribution in [-0.2, 0) is 4.79 Å². The van der Waals surface area contributed by atoms with Crippen LogP contribution in [0, 0.1) is 0 Å². The molecule has 1 N–H and O–H groups in total. The summed E-state index contributed by atoms with van der Waals surface area (Å²) in [6.07, 6.45) is 4.08. The van der Waals surface area contributed by atoms with Crippen LogP contribution in [0.2, 0.25) is 5.15 Å². The fraction of sp³-hybridized carbons (Fsp3) is 0.176. The quantitative estimate of drug-likeness (QED) is 0.642. The van der Waals surface area contributed by atoms with Gasteiger partial charge in [-0.3, -0.25) is 4.79 Å². The summed E-state index contributed by atoms with van der Waals surface area (Å²) >= 11 is 5.77. The molecule has 22 heavy (non-hydrogen) atoms. The minimum Gasteiger partial charge on any atom is -0.493 e. The third-order valence-corrected chi connectivity index (χ3v) is 2.97. The van der Waals surface area contributed by atoms with Gasteiger partial charge in [-0.1, -0.05) is 42.8 Å². The molecule has 5 heteroatoms. The SMILES string of the molecule is CCCOc1ccccc1/C=C/C(=O)Nc1cccc(Cl)n1.